The number of anilines is 1. The van der Waals surface area contributed by atoms with Crippen LogP contribution in [0.3, 0.4) is 0 Å². The van der Waals surface area contributed by atoms with Crippen LogP contribution in [0, 0.1) is 6.92 Å². The van der Waals surface area contributed by atoms with E-state index in [0.717, 1.165) is 0 Å². The van der Waals surface area contributed by atoms with Gasteiger partial charge in [0.25, 0.3) is 11.5 Å². The van der Waals surface area contributed by atoms with Gasteiger partial charge in [0.05, 0.1) is 24.3 Å². The number of amides is 1. The number of benzene rings is 1. The Balaban J connectivity index is 2.25. The third-order valence-corrected chi connectivity index (χ3v) is 3.93. The van der Waals surface area contributed by atoms with Crippen molar-refractivity contribution in [2.75, 3.05) is 32.8 Å². The monoisotopic (exact) mass is 394 g/mol. The molecule has 0 unspecified atom stereocenters. The van der Waals surface area contributed by atoms with E-state index in [1.54, 1.807) is 19.1 Å². The van der Waals surface area contributed by atoms with Crippen LogP contribution in [-0.2, 0) is 9.47 Å². The Hall–Kier alpha value is -2.84. The molecule has 2 rings (SSSR count). The van der Waals surface area contributed by atoms with Crippen molar-refractivity contribution in [1.82, 2.24) is 4.98 Å². The maximum absolute atomic E-state index is 12.5. The van der Waals surface area contributed by atoms with Crippen LogP contribution in [0.1, 0.15) is 26.4 Å². The molecule has 144 valence electrons. The average Bonchev–Trinajstić information content (AvgIpc) is 2.62. The summed E-state index contributed by atoms with van der Waals surface area (Å²) in [6.45, 7) is 1.83. The highest BCUT2D eigenvalue weighted by molar-refractivity contribution is 6.32. The van der Waals surface area contributed by atoms with Gasteiger partial charge >= 0.3 is 5.97 Å². The standard InChI is InChI=1S/C18H19ClN2O6/c1-10-12(18(24)27-7-6-25-2)9-13(16(22)20-10)17(23)21-11-4-5-15(26-3)14(19)8-11/h4-5,8-9H,6-7H2,1-3H3,(H,20,22)(H,21,23). The number of hydrogen-bond acceptors (Lipinski definition) is 6. The van der Waals surface area contributed by atoms with Crippen LogP contribution in [0.25, 0.3) is 0 Å². The number of H-pyrrole nitrogens is 1. The minimum atomic E-state index is -0.691. The highest BCUT2D eigenvalue weighted by Crippen LogP contribution is 2.27. The number of carbonyl (C=O) groups is 2. The van der Waals surface area contributed by atoms with Gasteiger partial charge in [0.15, 0.2) is 0 Å². The molecule has 0 spiro atoms. The van der Waals surface area contributed by atoms with E-state index in [9.17, 15) is 14.4 Å². The molecule has 0 aliphatic rings. The molecule has 9 heteroatoms. The molecule has 1 heterocycles. The van der Waals surface area contributed by atoms with Crippen molar-refractivity contribution in [2.24, 2.45) is 0 Å². The number of rotatable bonds is 7. The number of methoxy groups -OCH3 is 2. The summed E-state index contributed by atoms with van der Waals surface area (Å²) < 4.78 is 14.9. The SMILES string of the molecule is COCCOC(=O)c1cc(C(=O)Nc2ccc(OC)c(Cl)c2)c(=O)[nH]c1C. The second kappa shape index (κ2) is 9.20. The fourth-order valence-electron chi connectivity index (χ4n) is 2.24. The van der Waals surface area contributed by atoms with E-state index < -0.39 is 17.4 Å². The van der Waals surface area contributed by atoms with E-state index in [-0.39, 0.29) is 24.3 Å². The number of ether oxygens (including phenoxy) is 3. The molecule has 2 N–H and O–H groups in total. The molecule has 0 saturated heterocycles. The van der Waals surface area contributed by atoms with Crippen molar-refractivity contribution in [3.8, 4) is 5.75 Å². The summed E-state index contributed by atoms with van der Waals surface area (Å²) in [5.74, 6) is -0.908. The summed E-state index contributed by atoms with van der Waals surface area (Å²) in [6.07, 6.45) is 0. The van der Waals surface area contributed by atoms with Crippen molar-refractivity contribution in [3.63, 3.8) is 0 Å². The highest BCUT2D eigenvalue weighted by Gasteiger charge is 2.19. The van der Waals surface area contributed by atoms with E-state index in [2.05, 4.69) is 10.3 Å². The number of aromatic nitrogens is 1. The number of aryl methyl sites for hydroxylation is 1. The van der Waals surface area contributed by atoms with Gasteiger partial charge in [-0.1, -0.05) is 11.6 Å². The van der Waals surface area contributed by atoms with Crippen molar-refractivity contribution >= 4 is 29.2 Å². The van der Waals surface area contributed by atoms with Crippen LogP contribution >= 0.6 is 11.6 Å². The first-order valence-corrected chi connectivity index (χ1v) is 8.30. The topological polar surface area (TPSA) is 107 Å². The van der Waals surface area contributed by atoms with Gasteiger partial charge in [0.1, 0.15) is 17.9 Å². The minimum absolute atomic E-state index is 0.0553. The van der Waals surface area contributed by atoms with E-state index >= 15 is 0 Å². The van der Waals surface area contributed by atoms with Gasteiger partial charge in [0, 0.05) is 18.5 Å². The fourth-order valence-corrected chi connectivity index (χ4v) is 2.50. The van der Waals surface area contributed by atoms with Gasteiger partial charge in [0.2, 0.25) is 0 Å². The number of aromatic amines is 1. The smallest absolute Gasteiger partial charge is 0.340 e. The second-order valence-electron chi connectivity index (χ2n) is 5.48. The van der Waals surface area contributed by atoms with Crippen LogP contribution < -0.4 is 15.6 Å². The number of halogens is 1. The van der Waals surface area contributed by atoms with Gasteiger partial charge in [-0.15, -0.1) is 0 Å². The first-order chi connectivity index (χ1) is 12.9. The maximum Gasteiger partial charge on any atom is 0.340 e. The van der Waals surface area contributed by atoms with E-state index in [1.165, 1.54) is 26.4 Å². The molecule has 27 heavy (non-hydrogen) atoms. The summed E-state index contributed by atoms with van der Waals surface area (Å²) in [7, 11) is 2.95. The number of carbonyl (C=O) groups excluding carboxylic acids is 2. The van der Waals surface area contributed by atoms with Gasteiger partial charge < -0.3 is 24.5 Å². The quantitative estimate of drug-likeness (QED) is 0.551. The van der Waals surface area contributed by atoms with E-state index in [0.29, 0.717) is 22.2 Å². The summed E-state index contributed by atoms with van der Waals surface area (Å²) >= 11 is 6.02. The molecule has 0 fully saturated rings. The third-order valence-electron chi connectivity index (χ3n) is 3.63. The lowest BCUT2D eigenvalue weighted by Gasteiger charge is -2.10. The highest BCUT2D eigenvalue weighted by atomic mass is 35.5. The number of nitrogens with one attached hydrogen (secondary N) is 2. The van der Waals surface area contributed by atoms with Crippen LogP contribution in [0.5, 0.6) is 5.75 Å². The Kier molecular flexibility index (Phi) is 6.98. The molecule has 1 aromatic carbocycles. The Morgan fingerprint density at radius 1 is 1.15 bits per heavy atom. The first-order valence-electron chi connectivity index (χ1n) is 7.92. The lowest BCUT2D eigenvalue weighted by atomic mass is 10.1. The Bertz CT molecular complexity index is 909. The maximum atomic E-state index is 12.5. The lowest BCUT2D eigenvalue weighted by molar-refractivity contribution is 0.0386. The van der Waals surface area contributed by atoms with Crippen molar-refractivity contribution in [1.29, 1.82) is 0 Å². The zero-order valence-electron chi connectivity index (χ0n) is 15.1. The molecule has 0 radical (unpaired) electrons. The molecule has 8 nitrogen and oxygen atoms in total. The summed E-state index contributed by atoms with van der Waals surface area (Å²) in [5, 5.41) is 2.86. The average molecular weight is 395 g/mol. The van der Waals surface area contributed by atoms with Crippen LogP contribution in [0.4, 0.5) is 5.69 Å². The molecular formula is C18H19ClN2O6. The van der Waals surface area contributed by atoms with Crippen LogP contribution in [0.2, 0.25) is 5.02 Å². The number of hydrogen-bond donors (Lipinski definition) is 2. The number of pyridine rings is 1. The third kappa shape index (κ3) is 5.08. The Morgan fingerprint density at radius 2 is 1.89 bits per heavy atom. The van der Waals surface area contributed by atoms with Gasteiger partial charge in [-0.25, -0.2) is 4.79 Å². The molecular weight excluding hydrogens is 376 g/mol. The zero-order valence-corrected chi connectivity index (χ0v) is 15.8. The predicted octanol–water partition coefficient (Wildman–Crippen LogP) is 2.40. The largest absolute Gasteiger partial charge is 0.495 e. The molecule has 1 amide bonds. The van der Waals surface area contributed by atoms with Crippen molar-refractivity contribution < 1.29 is 23.8 Å². The minimum Gasteiger partial charge on any atom is -0.495 e. The molecule has 2 aromatic rings. The van der Waals surface area contributed by atoms with Crippen molar-refractivity contribution in [2.45, 2.75) is 6.92 Å². The first kappa shape index (κ1) is 20.5. The molecule has 0 atom stereocenters. The fraction of sp³-hybridized carbons (Fsp3) is 0.278. The van der Waals surface area contributed by atoms with Gasteiger partial charge in [-0.05, 0) is 31.2 Å². The molecule has 0 aliphatic carbocycles. The van der Waals surface area contributed by atoms with Crippen LogP contribution in [-0.4, -0.2) is 44.3 Å². The summed E-state index contributed by atoms with van der Waals surface area (Å²) in [4.78, 5) is 39.2. The summed E-state index contributed by atoms with van der Waals surface area (Å²) in [5.41, 5.74) is -0.102. The molecule has 1 aromatic heterocycles. The zero-order chi connectivity index (χ0) is 20.0. The molecule has 0 bridgehead atoms. The molecule has 0 aliphatic heterocycles. The Labute approximate surface area is 160 Å². The second-order valence-corrected chi connectivity index (χ2v) is 5.89. The number of esters is 1. The predicted molar refractivity (Wildman–Crippen MR) is 99.9 cm³/mol. The lowest BCUT2D eigenvalue weighted by Crippen LogP contribution is -2.26. The van der Waals surface area contributed by atoms with E-state index in [1.807, 2.05) is 0 Å². The normalized spacial score (nSPS) is 10.4. The summed E-state index contributed by atoms with van der Waals surface area (Å²) in [6, 6.07) is 5.84. The Morgan fingerprint density at radius 3 is 2.52 bits per heavy atom. The van der Waals surface area contributed by atoms with Crippen molar-refractivity contribution in [3.05, 3.63) is 56.5 Å². The molecule has 0 saturated carbocycles. The van der Waals surface area contributed by atoms with Gasteiger partial charge in [-0.2, -0.15) is 0 Å². The van der Waals surface area contributed by atoms with E-state index in [4.69, 9.17) is 25.8 Å². The van der Waals surface area contributed by atoms with Gasteiger partial charge in [-0.3, -0.25) is 9.59 Å². The van der Waals surface area contributed by atoms with Crippen LogP contribution in [0.15, 0.2) is 29.1 Å².